The Bertz CT molecular complexity index is 1210. The minimum absolute atomic E-state index is 0.0166. The van der Waals surface area contributed by atoms with Crippen LogP contribution >= 0.6 is 34.8 Å². The molecule has 0 spiro atoms. The molecule has 0 aliphatic carbocycles. The number of hydrogen-bond acceptors (Lipinski definition) is 4. The summed E-state index contributed by atoms with van der Waals surface area (Å²) in [6, 6.07) is 11.3. The van der Waals surface area contributed by atoms with E-state index < -0.39 is 21.7 Å². The highest BCUT2D eigenvalue weighted by atomic mass is 35.5. The van der Waals surface area contributed by atoms with E-state index in [1.807, 2.05) is 0 Å². The molecular weight excluding hydrogens is 476 g/mol. The Balaban J connectivity index is 1.88. The van der Waals surface area contributed by atoms with Gasteiger partial charge in [-0.15, -0.1) is 0 Å². The quantitative estimate of drug-likeness (QED) is 0.417. The summed E-state index contributed by atoms with van der Waals surface area (Å²) in [7, 11) is -4.15. The minimum atomic E-state index is -4.15. The van der Waals surface area contributed by atoms with Crippen molar-refractivity contribution in [3.8, 4) is 0 Å². The fraction of sp³-hybridized carbons (Fsp3) is 0. The molecule has 0 fully saturated rings. The van der Waals surface area contributed by atoms with E-state index in [-0.39, 0.29) is 42.6 Å². The number of hydrogen-bond donors (Lipinski definition) is 3. The minimum Gasteiger partial charge on any atom is -0.396 e. The maximum Gasteiger partial charge on any atom is 0.263 e. The van der Waals surface area contributed by atoms with Gasteiger partial charge in [-0.05, 0) is 54.6 Å². The van der Waals surface area contributed by atoms with Crippen molar-refractivity contribution in [3.63, 3.8) is 0 Å². The number of nitrogen functional groups attached to an aromatic ring is 1. The van der Waals surface area contributed by atoms with Crippen molar-refractivity contribution in [1.29, 1.82) is 0 Å². The monoisotopic (exact) mass is 487 g/mol. The summed E-state index contributed by atoms with van der Waals surface area (Å²) in [5, 5.41) is 2.77. The van der Waals surface area contributed by atoms with Gasteiger partial charge in [-0.25, -0.2) is 12.8 Å². The first-order valence-corrected chi connectivity index (χ1v) is 10.8. The highest BCUT2D eigenvalue weighted by Gasteiger charge is 2.21. The lowest BCUT2D eigenvalue weighted by Gasteiger charge is -2.12. The second-order valence-electron chi connectivity index (χ2n) is 6.07. The van der Waals surface area contributed by atoms with Crippen molar-refractivity contribution in [3.05, 3.63) is 81.0 Å². The number of nitrogens with two attached hydrogens (primary N) is 1. The molecule has 0 atom stereocenters. The number of carbonyl (C=O) groups excluding carboxylic acids is 1. The molecule has 0 saturated heterocycles. The summed E-state index contributed by atoms with van der Waals surface area (Å²) in [6.07, 6.45) is 0. The number of sulfonamides is 1. The van der Waals surface area contributed by atoms with E-state index >= 15 is 0 Å². The molecule has 3 aromatic rings. The van der Waals surface area contributed by atoms with Crippen molar-refractivity contribution in [1.82, 2.24) is 0 Å². The largest absolute Gasteiger partial charge is 0.396 e. The van der Waals surface area contributed by atoms with Crippen molar-refractivity contribution in [2.75, 3.05) is 15.8 Å². The number of benzene rings is 3. The highest BCUT2D eigenvalue weighted by Crippen LogP contribution is 2.31. The van der Waals surface area contributed by atoms with Gasteiger partial charge in [0.1, 0.15) is 10.7 Å². The van der Waals surface area contributed by atoms with E-state index in [0.29, 0.717) is 0 Å². The number of nitrogens with one attached hydrogen (secondary N) is 2. The summed E-state index contributed by atoms with van der Waals surface area (Å²) >= 11 is 17.9. The number of anilines is 3. The average molecular weight is 489 g/mol. The third-order valence-electron chi connectivity index (χ3n) is 3.92. The van der Waals surface area contributed by atoms with Crippen LogP contribution in [-0.2, 0) is 10.0 Å². The van der Waals surface area contributed by atoms with Crippen LogP contribution in [0.3, 0.4) is 0 Å². The Labute approximate surface area is 186 Å². The maximum absolute atomic E-state index is 13.0. The molecule has 3 rings (SSSR count). The second-order valence-corrected chi connectivity index (χ2v) is 8.94. The summed E-state index contributed by atoms with van der Waals surface area (Å²) in [5.41, 5.74) is 6.25. The molecule has 0 unspecified atom stereocenters. The van der Waals surface area contributed by atoms with Gasteiger partial charge in [0, 0.05) is 16.9 Å². The third kappa shape index (κ3) is 4.96. The van der Waals surface area contributed by atoms with Gasteiger partial charge in [-0.2, -0.15) is 0 Å². The average Bonchev–Trinajstić information content (AvgIpc) is 2.67. The first-order chi connectivity index (χ1) is 14.1. The van der Waals surface area contributed by atoms with Crippen LogP contribution in [0.25, 0.3) is 0 Å². The zero-order valence-corrected chi connectivity index (χ0v) is 18.0. The summed E-state index contributed by atoms with van der Waals surface area (Å²) < 4.78 is 40.7. The highest BCUT2D eigenvalue weighted by molar-refractivity contribution is 7.92. The smallest absolute Gasteiger partial charge is 0.263 e. The van der Waals surface area contributed by atoms with Gasteiger partial charge in [-0.1, -0.05) is 34.8 Å². The lowest BCUT2D eigenvalue weighted by Crippen LogP contribution is -2.16. The van der Waals surface area contributed by atoms with Crippen LogP contribution in [0, 0.1) is 5.82 Å². The van der Waals surface area contributed by atoms with Crippen molar-refractivity contribution >= 4 is 67.8 Å². The van der Waals surface area contributed by atoms with E-state index in [1.165, 1.54) is 36.4 Å². The van der Waals surface area contributed by atoms with Crippen molar-refractivity contribution in [2.45, 2.75) is 4.90 Å². The molecular formula is C19H13Cl3FN3O3S. The molecule has 0 aromatic heterocycles. The van der Waals surface area contributed by atoms with Gasteiger partial charge >= 0.3 is 0 Å². The molecule has 0 heterocycles. The summed E-state index contributed by atoms with van der Waals surface area (Å²) in [5.74, 6) is -1.14. The first-order valence-electron chi connectivity index (χ1n) is 8.20. The van der Waals surface area contributed by atoms with Crippen LogP contribution in [0.4, 0.5) is 21.5 Å². The molecule has 0 radical (unpaired) electrons. The molecule has 6 nitrogen and oxygen atoms in total. The van der Waals surface area contributed by atoms with Gasteiger partial charge in [0.05, 0.1) is 20.8 Å². The molecule has 1 amide bonds. The fourth-order valence-electron chi connectivity index (χ4n) is 2.44. The molecule has 11 heteroatoms. The zero-order valence-electron chi connectivity index (χ0n) is 14.9. The van der Waals surface area contributed by atoms with Crippen LogP contribution in [0.5, 0.6) is 0 Å². The van der Waals surface area contributed by atoms with Gasteiger partial charge in [0.15, 0.2) is 0 Å². The normalized spacial score (nSPS) is 11.2. The van der Waals surface area contributed by atoms with Crippen LogP contribution in [0.1, 0.15) is 10.4 Å². The number of rotatable bonds is 5. The Morgan fingerprint density at radius 2 is 1.47 bits per heavy atom. The summed E-state index contributed by atoms with van der Waals surface area (Å²) in [4.78, 5) is 12.3. The lowest BCUT2D eigenvalue weighted by atomic mass is 10.2. The Hall–Kier alpha value is -2.52. The van der Waals surface area contributed by atoms with Gasteiger partial charge in [-0.3, -0.25) is 9.52 Å². The third-order valence-corrected chi connectivity index (χ3v) is 6.40. The number of carbonyl (C=O) groups is 1. The van der Waals surface area contributed by atoms with Crippen LogP contribution in [0.15, 0.2) is 59.5 Å². The molecule has 0 bridgehead atoms. The summed E-state index contributed by atoms with van der Waals surface area (Å²) in [6.45, 7) is 0. The van der Waals surface area contributed by atoms with Crippen LogP contribution < -0.4 is 15.8 Å². The zero-order chi connectivity index (χ0) is 22.1. The SMILES string of the molecule is Nc1c(Cl)cc(NC(=O)c2ccc(Cl)c(S(=O)(=O)Nc3ccc(F)cc3)c2)cc1Cl. The molecule has 0 aliphatic heterocycles. The van der Waals surface area contributed by atoms with E-state index in [0.717, 1.165) is 18.2 Å². The molecule has 3 aromatic carbocycles. The van der Waals surface area contributed by atoms with E-state index in [4.69, 9.17) is 40.5 Å². The molecule has 30 heavy (non-hydrogen) atoms. The first kappa shape index (κ1) is 22.2. The molecule has 0 saturated carbocycles. The topological polar surface area (TPSA) is 101 Å². The van der Waals surface area contributed by atoms with E-state index in [1.54, 1.807) is 0 Å². The van der Waals surface area contributed by atoms with Gasteiger partial charge in [0.2, 0.25) is 0 Å². The Kier molecular flexibility index (Phi) is 6.42. The number of amides is 1. The lowest BCUT2D eigenvalue weighted by molar-refractivity contribution is 0.102. The van der Waals surface area contributed by atoms with Crippen LogP contribution in [0.2, 0.25) is 15.1 Å². The fourth-order valence-corrected chi connectivity index (χ4v) is 4.51. The molecule has 4 N–H and O–H groups in total. The van der Waals surface area contributed by atoms with Gasteiger partial charge < -0.3 is 11.1 Å². The van der Waals surface area contributed by atoms with E-state index in [9.17, 15) is 17.6 Å². The molecule has 0 aliphatic rings. The predicted octanol–water partition coefficient (Wildman–Crippen LogP) is 5.42. The Morgan fingerprint density at radius 1 is 0.867 bits per heavy atom. The van der Waals surface area contributed by atoms with Crippen LogP contribution in [-0.4, -0.2) is 14.3 Å². The van der Waals surface area contributed by atoms with E-state index in [2.05, 4.69) is 10.0 Å². The number of halogens is 4. The second kappa shape index (κ2) is 8.69. The van der Waals surface area contributed by atoms with Gasteiger partial charge in [0.25, 0.3) is 15.9 Å². The maximum atomic E-state index is 13.0. The van der Waals surface area contributed by atoms with Crippen molar-refractivity contribution in [2.24, 2.45) is 0 Å². The molecule has 156 valence electrons. The standard InChI is InChI=1S/C19H13Cl3FN3O3S/c20-14-6-1-10(19(27)25-13-8-15(21)18(24)16(22)9-13)7-17(14)30(28,29)26-12-4-2-11(23)3-5-12/h1-9,26H,24H2,(H,25,27). The predicted molar refractivity (Wildman–Crippen MR) is 117 cm³/mol. The Morgan fingerprint density at radius 3 is 2.07 bits per heavy atom. The van der Waals surface area contributed by atoms with Crippen molar-refractivity contribution < 1.29 is 17.6 Å².